The highest BCUT2D eigenvalue weighted by molar-refractivity contribution is 5.94. The standard InChI is InChI=1S/C19H16FN3O3/c1-2-26-19(25)18-16(21-14-6-4-3-5-7-14)12-17(24)23(22-18)15-10-8-13(20)9-11-15/h3-12,21H,2H2,1H3. The van der Waals surface area contributed by atoms with Crippen molar-refractivity contribution in [3.05, 3.63) is 82.5 Å². The number of aromatic nitrogens is 2. The third-order valence-electron chi connectivity index (χ3n) is 3.52. The highest BCUT2D eigenvalue weighted by Crippen LogP contribution is 2.19. The number of carbonyl (C=O) groups is 1. The number of carbonyl (C=O) groups excluding carboxylic acids is 1. The molecule has 26 heavy (non-hydrogen) atoms. The van der Waals surface area contributed by atoms with Crippen LogP contribution in [0.4, 0.5) is 15.8 Å². The maximum absolute atomic E-state index is 13.1. The minimum atomic E-state index is -0.665. The molecule has 0 radical (unpaired) electrons. The second kappa shape index (κ2) is 7.60. The molecule has 6 nitrogen and oxygen atoms in total. The van der Waals surface area contributed by atoms with Crippen molar-refractivity contribution in [2.24, 2.45) is 0 Å². The van der Waals surface area contributed by atoms with E-state index < -0.39 is 17.3 Å². The van der Waals surface area contributed by atoms with Gasteiger partial charge >= 0.3 is 5.97 Å². The average molecular weight is 353 g/mol. The molecule has 0 aliphatic carbocycles. The summed E-state index contributed by atoms with van der Waals surface area (Å²) >= 11 is 0. The first-order chi connectivity index (χ1) is 12.6. The number of hydrogen-bond donors (Lipinski definition) is 1. The normalized spacial score (nSPS) is 10.4. The van der Waals surface area contributed by atoms with Gasteiger partial charge in [-0.25, -0.2) is 9.18 Å². The fourth-order valence-electron chi connectivity index (χ4n) is 2.35. The van der Waals surface area contributed by atoms with E-state index in [1.165, 1.54) is 30.3 Å². The van der Waals surface area contributed by atoms with Crippen LogP contribution in [0.3, 0.4) is 0 Å². The second-order valence-electron chi connectivity index (χ2n) is 5.34. The van der Waals surface area contributed by atoms with Gasteiger partial charge in [0.15, 0.2) is 5.69 Å². The van der Waals surface area contributed by atoms with Crippen LogP contribution in [-0.2, 0) is 4.74 Å². The van der Waals surface area contributed by atoms with Crippen molar-refractivity contribution in [1.82, 2.24) is 9.78 Å². The van der Waals surface area contributed by atoms with Crippen LogP contribution in [0.15, 0.2) is 65.5 Å². The van der Waals surface area contributed by atoms with Gasteiger partial charge in [-0.2, -0.15) is 9.78 Å². The summed E-state index contributed by atoms with van der Waals surface area (Å²) in [5, 5.41) is 7.14. The van der Waals surface area contributed by atoms with Crippen LogP contribution < -0.4 is 10.9 Å². The van der Waals surface area contributed by atoms with E-state index >= 15 is 0 Å². The molecule has 0 amide bonds. The van der Waals surface area contributed by atoms with Crippen LogP contribution in [0.5, 0.6) is 0 Å². The van der Waals surface area contributed by atoms with Gasteiger partial charge in [0.25, 0.3) is 5.56 Å². The molecule has 1 N–H and O–H groups in total. The van der Waals surface area contributed by atoms with Crippen molar-refractivity contribution in [3.8, 4) is 5.69 Å². The van der Waals surface area contributed by atoms with Crippen LogP contribution >= 0.6 is 0 Å². The van der Waals surface area contributed by atoms with E-state index in [2.05, 4.69) is 10.4 Å². The Kier molecular flexibility index (Phi) is 5.07. The number of hydrogen-bond acceptors (Lipinski definition) is 5. The molecule has 0 saturated carbocycles. The number of nitrogens with one attached hydrogen (secondary N) is 1. The molecule has 7 heteroatoms. The molecule has 1 aromatic heterocycles. The zero-order valence-electron chi connectivity index (χ0n) is 14.0. The van der Waals surface area contributed by atoms with Gasteiger partial charge in [-0.05, 0) is 43.3 Å². The van der Waals surface area contributed by atoms with E-state index in [0.717, 1.165) is 4.68 Å². The van der Waals surface area contributed by atoms with Crippen molar-refractivity contribution in [1.29, 1.82) is 0 Å². The Labute approximate surface area is 148 Å². The highest BCUT2D eigenvalue weighted by atomic mass is 19.1. The molecular formula is C19H16FN3O3. The van der Waals surface area contributed by atoms with Crippen LogP contribution in [0.2, 0.25) is 0 Å². The first kappa shape index (κ1) is 17.3. The van der Waals surface area contributed by atoms with Gasteiger partial charge < -0.3 is 10.1 Å². The summed E-state index contributed by atoms with van der Waals surface area (Å²) in [4.78, 5) is 24.8. The average Bonchev–Trinajstić information content (AvgIpc) is 2.64. The second-order valence-corrected chi connectivity index (χ2v) is 5.34. The molecule has 0 atom stereocenters. The van der Waals surface area contributed by atoms with E-state index in [1.54, 1.807) is 19.1 Å². The molecule has 0 spiro atoms. The molecule has 0 aliphatic rings. The lowest BCUT2D eigenvalue weighted by atomic mass is 10.2. The Morgan fingerprint density at radius 3 is 2.50 bits per heavy atom. The summed E-state index contributed by atoms with van der Waals surface area (Å²) in [7, 11) is 0. The van der Waals surface area contributed by atoms with Gasteiger partial charge in [0.05, 0.1) is 18.0 Å². The van der Waals surface area contributed by atoms with E-state index in [1.807, 2.05) is 18.2 Å². The number of benzene rings is 2. The summed E-state index contributed by atoms with van der Waals surface area (Å²) in [6.45, 7) is 1.85. The number of anilines is 2. The largest absolute Gasteiger partial charge is 0.461 e. The predicted molar refractivity (Wildman–Crippen MR) is 95.5 cm³/mol. The number of halogens is 1. The SMILES string of the molecule is CCOC(=O)c1nn(-c2ccc(F)cc2)c(=O)cc1Nc1ccccc1. The number of ether oxygens (including phenoxy) is 1. The number of esters is 1. The Hall–Kier alpha value is -3.48. The monoisotopic (exact) mass is 353 g/mol. The summed E-state index contributed by atoms with van der Waals surface area (Å²) in [6.07, 6.45) is 0. The summed E-state index contributed by atoms with van der Waals surface area (Å²) in [6, 6.07) is 15.6. The van der Waals surface area contributed by atoms with Crippen molar-refractivity contribution in [2.45, 2.75) is 6.92 Å². The number of nitrogens with zero attached hydrogens (tertiary/aromatic N) is 2. The van der Waals surface area contributed by atoms with E-state index in [0.29, 0.717) is 11.4 Å². The van der Waals surface area contributed by atoms with E-state index in [9.17, 15) is 14.0 Å². The molecule has 0 unspecified atom stereocenters. The van der Waals surface area contributed by atoms with Gasteiger partial charge in [0.1, 0.15) is 5.82 Å². The Balaban J connectivity index is 2.09. The zero-order valence-corrected chi connectivity index (χ0v) is 14.0. The summed E-state index contributed by atoms with van der Waals surface area (Å²) in [5.41, 5.74) is 0.757. The summed E-state index contributed by atoms with van der Waals surface area (Å²) < 4.78 is 19.2. The van der Waals surface area contributed by atoms with Crippen molar-refractivity contribution < 1.29 is 13.9 Å². The summed E-state index contributed by atoms with van der Waals surface area (Å²) in [5.74, 6) is -1.10. The Morgan fingerprint density at radius 2 is 1.85 bits per heavy atom. The van der Waals surface area contributed by atoms with Crippen LogP contribution in [0.1, 0.15) is 17.4 Å². The lowest BCUT2D eigenvalue weighted by Gasteiger charge is -2.13. The molecule has 0 bridgehead atoms. The first-order valence-corrected chi connectivity index (χ1v) is 7.98. The quantitative estimate of drug-likeness (QED) is 0.713. The van der Waals surface area contributed by atoms with Crippen molar-refractivity contribution >= 4 is 17.3 Å². The van der Waals surface area contributed by atoms with Gasteiger partial charge in [-0.3, -0.25) is 4.79 Å². The molecular weight excluding hydrogens is 337 g/mol. The molecule has 3 aromatic rings. The van der Waals surface area contributed by atoms with Gasteiger partial charge in [0.2, 0.25) is 0 Å². The van der Waals surface area contributed by atoms with Crippen LogP contribution in [0.25, 0.3) is 5.69 Å². The minimum absolute atomic E-state index is 0.0420. The smallest absolute Gasteiger partial charge is 0.360 e. The van der Waals surface area contributed by atoms with Gasteiger partial charge in [-0.15, -0.1) is 0 Å². The molecule has 0 aliphatic heterocycles. The number of rotatable bonds is 5. The van der Waals surface area contributed by atoms with Crippen LogP contribution in [0, 0.1) is 5.82 Å². The fraction of sp³-hybridized carbons (Fsp3) is 0.105. The lowest BCUT2D eigenvalue weighted by molar-refractivity contribution is 0.0518. The van der Waals surface area contributed by atoms with Gasteiger partial charge in [-0.1, -0.05) is 18.2 Å². The first-order valence-electron chi connectivity index (χ1n) is 7.98. The van der Waals surface area contributed by atoms with E-state index in [4.69, 9.17) is 4.74 Å². The minimum Gasteiger partial charge on any atom is -0.461 e. The number of para-hydroxylation sites is 1. The predicted octanol–water partition coefficient (Wildman–Crippen LogP) is 3.29. The van der Waals surface area contributed by atoms with Gasteiger partial charge in [0, 0.05) is 11.8 Å². The Bertz CT molecular complexity index is 970. The molecule has 2 aromatic carbocycles. The van der Waals surface area contributed by atoms with Crippen molar-refractivity contribution in [3.63, 3.8) is 0 Å². The fourth-order valence-corrected chi connectivity index (χ4v) is 2.35. The Morgan fingerprint density at radius 1 is 1.15 bits per heavy atom. The lowest BCUT2D eigenvalue weighted by Crippen LogP contribution is -2.25. The highest BCUT2D eigenvalue weighted by Gasteiger charge is 2.18. The van der Waals surface area contributed by atoms with Crippen LogP contribution in [-0.4, -0.2) is 22.4 Å². The maximum atomic E-state index is 13.1. The zero-order chi connectivity index (χ0) is 18.5. The third-order valence-corrected chi connectivity index (χ3v) is 3.52. The van der Waals surface area contributed by atoms with Crippen molar-refractivity contribution in [2.75, 3.05) is 11.9 Å². The topological polar surface area (TPSA) is 73.2 Å². The molecule has 3 rings (SSSR count). The third kappa shape index (κ3) is 3.77. The van der Waals surface area contributed by atoms with E-state index in [-0.39, 0.29) is 18.0 Å². The molecule has 1 heterocycles. The maximum Gasteiger partial charge on any atom is 0.360 e. The molecule has 0 fully saturated rings. The molecule has 132 valence electrons. The molecule has 0 saturated heterocycles.